The highest BCUT2D eigenvalue weighted by Gasteiger charge is 2.35. The molecule has 1 fully saturated rings. The van der Waals surface area contributed by atoms with E-state index in [1.54, 1.807) is 0 Å². The number of rotatable bonds is 6. The second-order valence-electron chi connectivity index (χ2n) is 8.75. The van der Waals surface area contributed by atoms with Gasteiger partial charge in [0.1, 0.15) is 0 Å². The molecule has 3 aromatic rings. The quantitative estimate of drug-likeness (QED) is 0.515. The van der Waals surface area contributed by atoms with Crippen LogP contribution in [0.4, 0.5) is 5.69 Å². The summed E-state index contributed by atoms with van der Waals surface area (Å²) in [6.07, 6.45) is 11.3. The average molecular weight is 398 g/mol. The fourth-order valence-electron chi connectivity index (χ4n) is 5.36. The summed E-state index contributed by atoms with van der Waals surface area (Å²) in [5.41, 5.74) is 10.7. The van der Waals surface area contributed by atoms with E-state index in [2.05, 4.69) is 83.0 Å². The normalized spacial score (nSPS) is 20.1. The van der Waals surface area contributed by atoms with Crippen molar-refractivity contribution in [2.75, 3.05) is 5.43 Å². The van der Waals surface area contributed by atoms with E-state index in [0.717, 1.165) is 12.8 Å². The van der Waals surface area contributed by atoms with Crippen LogP contribution in [0.15, 0.2) is 73.1 Å². The van der Waals surface area contributed by atoms with Crippen LogP contribution in [0, 0.1) is 0 Å². The van der Waals surface area contributed by atoms with Crippen LogP contribution >= 0.6 is 0 Å². The number of anilines is 1. The molecule has 0 amide bonds. The SMILES string of the molecule is CCC1c2ccc(C(Cc3ccncc3)c3ccccc3)cc2NN1C1CCCC1. The summed E-state index contributed by atoms with van der Waals surface area (Å²) in [6.45, 7) is 2.31. The predicted molar refractivity (Wildman–Crippen MR) is 123 cm³/mol. The fraction of sp³-hybridized carbons (Fsp3) is 0.370. The van der Waals surface area contributed by atoms with E-state index in [1.807, 2.05) is 12.4 Å². The molecule has 1 saturated carbocycles. The minimum absolute atomic E-state index is 0.335. The van der Waals surface area contributed by atoms with Gasteiger partial charge in [0.05, 0.1) is 11.7 Å². The molecule has 0 saturated heterocycles. The number of benzene rings is 2. The highest BCUT2D eigenvalue weighted by Crippen LogP contribution is 2.43. The second-order valence-corrected chi connectivity index (χ2v) is 8.75. The monoisotopic (exact) mass is 397 g/mol. The van der Waals surface area contributed by atoms with Gasteiger partial charge in [-0.3, -0.25) is 4.98 Å². The number of nitrogens with one attached hydrogen (secondary N) is 1. The van der Waals surface area contributed by atoms with Gasteiger partial charge in [-0.15, -0.1) is 0 Å². The molecule has 2 unspecified atom stereocenters. The maximum Gasteiger partial charge on any atom is 0.0561 e. The van der Waals surface area contributed by atoms with Gasteiger partial charge in [0, 0.05) is 24.4 Å². The number of fused-ring (bicyclic) bond motifs is 1. The molecule has 154 valence electrons. The largest absolute Gasteiger partial charge is 0.318 e. The van der Waals surface area contributed by atoms with Crippen LogP contribution in [0.2, 0.25) is 0 Å². The lowest BCUT2D eigenvalue weighted by molar-refractivity contribution is 0.185. The molecule has 1 N–H and O–H groups in total. The van der Waals surface area contributed by atoms with Gasteiger partial charge < -0.3 is 5.43 Å². The third-order valence-electron chi connectivity index (χ3n) is 6.92. The molecular formula is C27H31N3. The summed E-state index contributed by atoms with van der Waals surface area (Å²) < 4.78 is 0. The number of hydrazine groups is 1. The Hall–Kier alpha value is -2.65. The Labute approximate surface area is 180 Å². The van der Waals surface area contributed by atoms with Crippen molar-refractivity contribution in [3.63, 3.8) is 0 Å². The van der Waals surface area contributed by atoms with Crippen LogP contribution in [0.1, 0.15) is 73.2 Å². The van der Waals surface area contributed by atoms with Gasteiger partial charge in [0.15, 0.2) is 0 Å². The summed E-state index contributed by atoms with van der Waals surface area (Å²) in [6, 6.07) is 23.5. The molecule has 2 heterocycles. The highest BCUT2D eigenvalue weighted by atomic mass is 15.6. The summed E-state index contributed by atoms with van der Waals surface area (Å²) in [4.78, 5) is 4.19. The smallest absolute Gasteiger partial charge is 0.0561 e. The molecule has 2 aromatic carbocycles. The first kappa shape index (κ1) is 19.3. The van der Waals surface area contributed by atoms with E-state index >= 15 is 0 Å². The zero-order chi connectivity index (χ0) is 20.3. The maximum absolute atomic E-state index is 4.19. The van der Waals surface area contributed by atoms with Gasteiger partial charge >= 0.3 is 0 Å². The Bertz CT molecular complexity index is 964. The minimum atomic E-state index is 0.335. The molecule has 3 nitrogen and oxygen atoms in total. The van der Waals surface area contributed by atoms with Crippen LogP contribution in [-0.2, 0) is 6.42 Å². The van der Waals surface area contributed by atoms with Crippen molar-refractivity contribution in [1.29, 1.82) is 0 Å². The lowest BCUT2D eigenvalue weighted by atomic mass is 9.85. The molecule has 30 heavy (non-hydrogen) atoms. The lowest BCUT2D eigenvalue weighted by Gasteiger charge is -2.29. The molecule has 0 bridgehead atoms. The zero-order valence-corrected chi connectivity index (χ0v) is 17.8. The van der Waals surface area contributed by atoms with E-state index in [4.69, 9.17) is 0 Å². The van der Waals surface area contributed by atoms with Gasteiger partial charge in [-0.05, 0) is 66.1 Å². The first-order valence-electron chi connectivity index (χ1n) is 11.5. The fourth-order valence-corrected chi connectivity index (χ4v) is 5.36. The van der Waals surface area contributed by atoms with E-state index in [1.165, 1.54) is 53.6 Å². The zero-order valence-electron chi connectivity index (χ0n) is 17.8. The number of pyridine rings is 1. The Kier molecular flexibility index (Phi) is 5.54. The average Bonchev–Trinajstić information content (AvgIpc) is 3.46. The van der Waals surface area contributed by atoms with Crippen LogP contribution in [0.5, 0.6) is 0 Å². The van der Waals surface area contributed by atoms with E-state index in [-0.39, 0.29) is 0 Å². The lowest BCUT2D eigenvalue weighted by Crippen LogP contribution is -2.36. The van der Waals surface area contributed by atoms with Crippen molar-refractivity contribution < 1.29 is 0 Å². The predicted octanol–water partition coefficient (Wildman–Crippen LogP) is 6.49. The molecule has 3 heteroatoms. The summed E-state index contributed by atoms with van der Waals surface area (Å²) in [7, 11) is 0. The summed E-state index contributed by atoms with van der Waals surface area (Å²) >= 11 is 0. The minimum Gasteiger partial charge on any atom is -0.318 e. The van der Waals surface area contributed by atoms with Crippen LogP contribution < -0.4 is 5.43 Å². The van der Waals surface area contributed by atoms with Gasteiger partial charge in [-0.25, -0.2) is 5.01 Å². The molecule has 1 aliphatic carbocycles. The molecule has 5 rings (SSSR count). The van der Waals surface area contributed by atoms with Crippen LogP contribution in [-0.4, -0.2) is 16.0 Å². The van der Waals surface area contributed by atoms with Crippen molar-refractivity contribution in [2.24, 2.45) is 0 Å². The molecule has 0 radical (unpaired) electrons. The Morgan fingerprint density at radius 3 is 2.47 bits per heavy atom. The van der Waals surface area contributed by atoms with E-state index in [9.17, 15) is 0 Å². The molecule has 1 aliphatic heterocycles. The topological polar surface area (TPSA) is 28.2 Å². The highest BCUT2D eigenvalue weighted by molar-refractivity contribution is 5.59. The first-order valence-corrected chi connectivity index (χ1v) is 11.5. The Balaban J connectivity index is 1.48. The van der Waals surface area contributed by atoms with Gasteiger partial charge in [-0.1, -0.05) is 62.2 Å². The van der Waals surface area contributed by atoms with E-state index in [0.29, 0.717) is 18.0 Å². The standard InChI is InChI=1S/C27H31N3/c1-2-27-24-13-12-22(19-26(24)29-30(27)23-10-6-7-11-23)25(21-8-4-3-5-9-21)18-20-14-16-28-17-15-20/h3-5,8-9,12-17,19,23,25,27,29H,2,6-7,10-11,18H2,1H3. The van der Waals surface area contributed by atoms with Crippen LogP contribution in [0.3, 0.4) is 0 Å². The van der Waals surface area contributed by atoms with Crippen molar-refractivity contribution >= 4 is 5.69 Å². The third kappa shape index (κ3) is 3.75. The van der Waals surface area contributed by atoms with Gasteiger partial charge in [-0.2, -0.15) is 0 Å². The first-order chi connectivity index (χ1) is 14.8. The molecule has 1 aromatic heterocycles. The summed E-state index contributed by atoms with van der Waals surface area (Å²) in [5, 5.41) is 2.56. The Morgan fingerprint density at radius 1 is 0.967 bits per heavy atom. The number of hydrogen-bond donors (Lipinski definition) is 1. The number of nitrogens with zero attached hydrogens (tertiary/aromatic N) is 2. The maximum atomic E-state index is 4.19. The number of hydrogen-bond acceptors (Lipinski definition) is 3. The van der Waals surface area contributed by atoms with Crippen molar-refractivity contribution in [3.05, 3.63) is 95.3 Å². The third-order valence-corrected chi connectivity index (χ3v) is 6.92. The molecule has 0 spiro atoms. The molecule has 2 atom stereocenters. The Morgan fingerprint density at radius 2 is 1.73 bits per heavy atom. The van der Waals surface area contributed by atoms with Gasteiger partial charge in [0.2, 0.25) is 0 Å². The van der Waals surface area contributed by atoms with Crippen LogP contribution in [0.25, 0.3) is 0 Å². The van der Waals surface area contributed by atoms with Crippen molar-refractivity contribution in [1.82, 2.24) is 9.99 Å². The molecule has 2 aliphatic rings. The summed E-state index contributed by atoms with van der Waals surface area (Å²) in [5.74, 6) is 0.335. The van der Waals surface area contributed by atoms with E-state index < -0.39 is 0 Å². The van der Waals surface area contributed by atoms with Crippen molar-refractivity contribution in [2.45, 2.75) is 63.5 Å². The molecular weight excluding hydrogens is 366 g/mol. The van der Waals surface area contributed by atoms with Gasteiger partial charge in [0.25, 0.3) is 0 Å². The second kappa shape index (κ2) is 8.61. The van der Waals surface area contributed by atoms with Crippen molar-refractivity contribution in [3.8, 4) is 0 Å². The number of aromatic nitrogens is 1.